The molecule has 5 heterocycles. The summed E-state index contributed by atoms with van der Waals surface area (Å²) >= 11 is 12.7. The topological polar surface area (TPSA) is 93.2 Å². The average molecular weight is 656 g/mol. The lowest BCUT2D eigenvalue weighted by Crippen LogP contribution is -2.54. The first-order chi connectivity index (χ1) is 21.8. The summed E-state index contributed by atoms with van der Waals surface area (Å²) in [6.07, 6.45) is 7.95. The molecule has 0 amide bonds. The SMILES string of the molecule is COC(=O)CC1CCN(Cc2cc(Oc3cnc(N4CCC(N(C)C5COC5)CC4)nc3)nc(-c3cc(Cl)cc(Cl)c3)c2)CC1. The van der Waals surface area contributed by atoms with E-state index in [2.05, 4.69) is 31.7 Å². The molecule has 10 nitrogen and oxygen atoms in total. The predicted octanol–water partition coefficient (Wildman–Crippen LogP) is 5.71. The number of esters is 1. The highest BCUT2D eigenvalue weighted by atomic mass is 35.5. The van der Waals surface area contributed by atoms with Gasteiger partial charge in [-0.25, -0.2) is 15.0 Å². The van der Waals surface area contributed by atoms with Crippen molar-refractivity contribution in [2.24, 2.45) is 5.92 Å². The van der Waals surface area contributed by atoms with E-state index in [0.29, 0.717) is 57.7 Å². The van der Waals surface area contributed by atoms with Gasteiger partial charge in [0, 0.05) is 53.8 Å². The maximum Gasteiger partial charge on any atom is 0.305 e. The summed E-state index contributed by atoms with van der Waals surface area (Å²) < 4.78 is 16.5. The van der Waals surface area contributed by atoms with E-state index in [9.17, 15) is 4.79 Å². The molecule has 6 rings (SSSR count). The number of nitrogens with zero attached hydrogens (tertiary/aromatic N) is 6. The highest BCUT2D eigenvalue weighted by Crippen LogP contribution is 2.31. The minimum absolute atomic E-state index is 0.140. The Morgan fingerprint density at radius 2 is 1.64 bits per heavy atom. The molecule has 240 valence electrons. The molecule has 12 heteroatoms. The van der Waals surface area contributed by atoms with E-state index in [-0.39, 0.29) is 5.97 Å². The number of pyridine rings is 1. The maximum atomic E-state index is 11.7. The van der Waals surface area contributed by atoms with E-state index in [4.69, 9.17) is 42.4 Å². The van der Waals surface area contributed by atoms with Gasteiger partial charge in [0.2, 0.25) is 11.8 Å². The molecule has 3 aliphatic heterocycles. The number of aromatic nitrogens is 3. The number of anilines is 1. The predicted molar refractivity (Wildman–Crippen MR) is 174 cm³/mol. The Kier molecular flexibility index (Phi) is 10.4. The number of piperidine rings is 2. The van der Waals surface area contributed by atoms with Gasteiger partial charge >= 0.3 is 5.97 Å². The smallest absolute Gasteiger partial charge is 0.305 e. The molecule has 45 heavy (non-hydrogen) atoms. The number of carbonyl (C=O) groups is 1. The Labute approximate surface area is 274 Å². The van der Waals surface area contributed by atoms with Crippen molar-refractivity contribution < 1.29 is 19.0 Å². The zero-order chi connectivity index (χ0) is 31.3. The van der Waals surface area contributed by atoms with Crippen molar-refractivity contribution in [3.8, 4) is 22.9 Å². The lowest BCUT2D eigenvalue weighted by Gasteiger charge is -2.43. The third-order valence-electron chi connectivity index (χ3n) is 9.17. The van der Waals surface area contributed by atoms with Crippen LogP contribution in [-0.4, -0.2) is 96.4 Å². The molecule has 3 aliphatic rings. The molecule has 1 aromatic carbocycles. The van der Waals surface area contributed by atoms with Gasteiger partial charge in [0.05, 0.1) is 44.5 Å². The number of likely N-dealkylation sites (N-methyl/N-ethyl adjacent to an activating group) is 1. The van der Waals surface area contributed by atoms with Crippen molar-refractivity contribution in [2.45, 2.75) is 50.7 Å². The first-order valence-electron chi connectivity index (χ1n) is 15.6. The van der Waals surface area contributed by atoms with Crippen LogP contribution in [0, 0.1) is 5.92 Å². The van der Waals surface area contributed by atoms with Crippen LogP contribution >= 0.6 is 23.2 Å². The Hall–Kier alpha value is -3.02. The zero-order valence-corrected chi connectivity index (χ0v) is 27.3. The number of halogens is 2. The van der Waals surface area contributed by atoms with Gasteiger partial charge < -0.3 is 19.1 Å². The largest absolute Gasteiger partial charge is 0.469 e. The van der Waals surface area contributed by atoms with Gasteiger partial charge in [-0.3, -0.25) is 14.6 Å². The second-order valence-electron chi connectivity index (χ2n) is 12.3. The molecule has 0 atom stereocenters. The van der Waals surface area contributed by atoms with Crippen molar-refractivity contribution in [1.82, 2.24) is 24.8 Å². The van der Waals surface area contributed by atoms with Gasteiger partial charge in [-0.05, 0) is 81.6 Å². The van der Waals surface area contributed by atoms with Crippen LogP contribution in [0.25, 0.3) is 11.3 Å². The van der Waals surface area contributed by atoms with Crippen molar-refractivity contribution in [1.29, 1.82) is 0 Å². The van der Waals surface area contributed by atoms with Crippen LogP contribution in [-0.2, 0) is 20.8 Å². The third-order valence-corrected chi connectivity index (χ3v) is 9.61. The van der Waals surface area contributed by atoms with E-state index < -0.39 is 0 Å². The molecule has 0 N–H and O–H groups in total. The summed E-state index contributed by atoms with van der Waals surface area (Å²) in [7, 11) is 3.66. The second kappa shape index (κ2) is 14.6. The van der Waals surface area contributed by atoms with Crippen LogP contribution < -0.4 is 9.64 Å². The fourth-order valence-corrected chi connectivity index (χ4v) is 6.88. The van der Waals surface area contributed by atoms with E-state index in [1.54, 1.807) is 18.5 Å². The number of hydrogen-bond donors (Lipinski definition) is 0. The normalized spacial score (nSPS) is 18.6. The lowest BCUT2D eigenvalue weighted by atomic mass is 9.93. The Morgan fingerprint density at radius 3 is 2.27 bits per heavy atom. The van der Waals surface area contributed by atoms with Crippen LogP contribution in [0.4, 0.5) is 5.95 Å². The summed E-state index contributed by atoms with van der Waals surface area (Å²) in [5, 5.41) is 1.08. The molecule has 0 spiro atoms. The van der Waals surface area contributed by atoms with Crippen molar-refractivity contribution in [3.63, 3.8) is 0 Å². The van der Waals surface area contributed by atoms with Gasteiger partial charge in [-0.2, -0.15) is 0 Å². The molecule has 3 fully saturated rings. The molecule has 0 unspecified atom stereocenters. The number of ether oxygens (including phenoxy) is 3. The molecular weight excluding hydrogens is 615 g/mol. The van der Waals surface area contributed by atoms with E-state index in [1.165, 1.54) is 7.11 Å². The zero-order valence-electron chi connectivity index (χ0n) is 25.8. The van der Waals surface area contributed by atoms with Gasteiger partial charge in [-0.1, -0.05) is 23.2 Å². The Morgan fingerprint density at radius 1 is 0.956 bits per heavy atom. The number of hydrogen-bond acceptors (Lipinski definition) is 10. The molecule has 3 aromatic rings. The quantitative estimate of drug-likeness (QED) is 0.253. The van der Waals surface area contributed by atoms with Crippen molar-refractivity contribution in [2.75, 3.05) is 58.5 Å². The maximum absolute atomic E-state index is 11.7. The molecule has 0 aliphatic carbocycles. The molecule has 0 saturated carbocycles. The first kappa shape index (κ1) is 31.9. The van der Waals surface area contributed by atoms with E-state index >= 15 is 0 Å². The monoisotopic (exact) mass is 654 g/mol. The fourth-order valence-electron chi connectivity index (χ4n) is 6.35. The van der Waals surface area contributed by atoms with Crippen LogP contribution in [0.15, 0.2) is 42.7 Å². The van der Waals surface area contributed by atoms with Crippen molar-refractivity contribution >= 4 is 35.1 Å². The molecule has 0 radical (unpaired) electrons. The minimum Gasteiger partial charge on any atom is -0.469 e. The molecule has 2 aromatic heterocycles. The number of likely N-dealkylation sites (tertiary alicyclic amines) is 1. The molecule has 3 saturated heterocycles. The minimum atomic E-state index is -0.140. The first-order valence-corrected chi connectivity index (χ1v) is 16.4. The standard InChI is InChI=1S/C33H40Cl2N6O4/c1-39(28-20-44-21-28)27-5-9-41(10-6-27)33-36-17-29(18-37-33)45-31-12-23(11-30(38-31)24-14-25(34)16-26(35)15-24)19-40-7-3-22(4-8-40)13-32(42)43-2/h11-12,14-18,22,27-28H,3-10,13,19-21H2,1-2H3. The van der Waals surface area contributed by atoms with Crippen LogP contribution in [0.1, 0.15) is 37.7 Å². The van der Waals surface area contributed by atoms with Gasteiger partial charge in [-0.15, -0.1) is 0 Å². The van der Waals surface area contributed by atoms with Crippen LogP contribution in [0.3, 0.4) is 0 Å². The summed E-state index contributed by atoms with van der Waals surface area (Å²) in [4.78, 5) is 32.9. The third kappa shape index (κ3) is 8.23. The average Bonchev–Trinajstić information content (AvgIpc) is 3.01. The van der Waals surface area contributed by atoms with Crippen LogP contribution in [0.5, 0.6) is 11.6 Å². The summed E-state index contributed by atoms with van der Waals surface area (Å²) in [6, 6.07) is 10.5. The van der Waals surface area contributed by atoms with Crippen molar-refractivity contribution in [3.05, 3.63) is 58.3 Å². The van der Waals surface area contributed by atoms with Gasteiger partial charge in [0.1, 0.15) is 0 Å². The summed E-state index contributed by atoms with van der Waals surface area (Å²) in [5.74, 6) is 1.88. The Balaban J connectivity index is 1.13. The molecular formula is C33H40Cl2N6O4. The van der Waals surface area contributed by atoms with Gasteiger partial charge in [0.15, 0.2) is 5.75 Å². The summed E-state index contributed by atoms with van der Waals surface area (Å²) in [5.41, 5.74) is 2.57. The number of carbonyl (C=O) groups excluding carboxylic acids is 1. The highest BCUT2D eigenvalue weighted by Gasteiger charge is 2.31. The number of rotatable bonds is 10. The Bertz CT molecular complexity index is 1440. The lowest BCUT2D eigenvalue weighted by molar-refractivity contribution is -0.142. The van der Waals surface area contributed by atoms with Gasteiger partial charge in [0.25, 0.3) is 0 Å². The molecule has 0 bridgehead atoms. The summed E-state index contributed by atoms with van der Waals surface area (Å²) in [6.45, 7) is 6.02. The van der Waals surface area contributed by atoms with E-state index in [1.807, 2.05) is 24.3 Å². The van der Waals surface area contributed by atoms with Crippen LogP contribution in [0.2, 0.25) is 10.0 Å². The fraction of sp³-hybridized carbons (Fsp3) is 0.515. The highest BCUT2D eigenvalue weighted by molar-refractivity contribution is 6.35. The second-order valence-corrected chi connectivity index (χ2v) is 13.1. The van der Waals surface area contributed by atoms with E-state index in [0.717, 1.165) is 82.7 Å². The number of benzene rings is 1. The number of methoxy groups -OCH3 is 1.